The number of benzene rings is 1. The van der Waals surface area contributed by atoms with Crippen LogP contribution in [0.5, 0.6) is 17.2 Å². The lowest BCUT2D eigenvalue weighted by atomic mass is 10.2. The zero-order chi connectivity index (χ0) is 18.1. The molecule has 0 heterocycles. The largest absolute Gasteiger partial charge is 0.493 e. The number of carbonyl (C=O) groups is 1. The van der Waals surface area contributed by atoms with E-state index in [-0.39, 0.29) is 12.4 Å². The van der Waals surface area contributed by atoms with Gasteiger partial charge in [0.1, 0.15) is 6.04 Å². The van der Waals surface area contributed by atoms with E-state index in [9.17, 15) is 4.79 Å². The molecule has 0 aliphatic carbocycles. The van der Waals surface area contributed by atoms with Gasteiger partial charge in [-0.3, -0.25) is 4.90 Å². The molecular weight excluding hydrogens is 314 g/mol. The second-order valence-corrected chi connectivity index (χ2v) is 5.36. The summed E-state index contributed by atoms with van der Waals surface area (Å²) >= 11 is 0. The van der Waals surface area contributed by atoms with Gasteiger partial charge in [-0.2, -0.15) is 0 Å². The Labute approximate surface area is 143 Å². The van der Waals surface area contributed by atoms with E-state index in [0.29, 0.717) is 24.7 Å². The van der Waals surface area contributed by atoms with Gasteiger partial charge in [-0.1, -0.05) is 0 Å². The summed E-state index contributed by atoms with van der Waals surface area (Å²) in [6, 6.07) is 3.00. The second kappa shape index (κ2) is 10.1. The van der Waals surface area contributed by atoms with Crippen LogP contribution >= 0.6 is 0 Å². The minimum absolute atomic E-state index is 0.204. The maximum absolute atomic E-state index is 12.6. The Hall–Kier alpha value is -1.83. The van der Waals surface area contributed by atoms with Crippen LogP contribution in [0.1, 0.15) is 5.56 Å². The highest BCUT2D eigenvalue weighted by molar-refractivity contribution is 5.80. The highest BCUT2D eigenvalue weighted by Gasteiger charge is 2.27. The summed E-state index contributed by atoms with van der Waals surface area (Å²) in [6.07, 6.45) is 0. The van der Waals surface area contributed by atoms with Crippen LogP contribution in [0.25, 0.3) is 0 Å². The number of ether oxygens (including phenoxy) is 5. The van der Waals surface area contributed by atoms with Crippen molar-refractivity contribution in [3.05, 3.63) is 17.7 Å². The topological polar surface area (TPSA) is 66.5 Å². The zero-order valence-electron chi connectivity index (χ0n) is 15.3. The van der Waals surface area contributed by atoms with Crippen LogP contribution in [0.15, 0.2) is 12.1 Å². The average Bonchev–Trinajstić information content (AvgIpc) is 2.58. The number of hydrogen-bond donors (Lipinski definition) is 0. The number of carbonyl (C=O) groups excluding carboxylic acids is 1. The Morgan fingerprint density at radius 3 is 2.12 bits per heavy atom. The molecule has 7 nitrogen and oxygen atoms in total. The molecule has 0 spiro atoms. The lowest BCUT2D eigenvalue weighted by Gasteiger charge is -2.26. The fourth-order valence-corrected chi connectivity index (χ4v) is 2.20. The minimum atomic E-state index is -0.569. The molecule has 0 radical (unpaired) electrons. The first kappa shape index (κ1) is 20.2. The van der Waals surface area contributed by atoms with Crippen LogP contribution in [0.4, 0.5) is 0 Å². The Balaban J connectivity index is 3.02. The summed E-state index contributed by atoms with van der Waals surface area (Å²) < 4.78 is 26.4. The quantitative estimate of drug-likeness (QED) is 0.472. The SMILES string of the molecule is COCCN(C)C(COC)C(=O)Oc1c(OC)cc(C)cc1OC. The molecule has 0 saturated carbocycles. The van der Waals surface area contributed by atoms with E-state index in [1.807, 2.05) is 18.9 Å². The molecule has 24 heavy (non-hydrogen) atoms. The molecule has 1 rings (SSSR count). The van der Waals surface area contributed by atoms with Crippen LogP contribution in [-0.2, 0) is 14.3 Å². The van der Waals surface area contributed by atoms with Crippen molar-refractivity contribution in [2.24, 2.45) is 0 Å². The van der Waals surface area contributed by atoms with E-state index in [1.54, 1.807) is 19.2 Å². The van der Waals surface area contributed by atoms with Gasteiger partial charge in [0.2, 0.25) is 5.75 Å². The number of rotatable bonds is 10. The van der Waals surface area contributed by atoms with E-state index >= 15 is 0 Å². The van der Waals surface area contributed by atoms with Crippen molar-refractivity contribution in [2.75, 3.05) is 55.2 Å². The molecule has 7 heteroatoms. The Morgan fingerprint density at radius 1 is 1.08 bits per heavy atom. The molecule has 0 bridgehead atoms. The fourth-order valence-electron chi connectivity index (χ4n) is 2.20. The number of methoxy groups -OCH3 is 4. The minimum Gasteiger partial charge on any atom is -0.493 e. The van der Waals surface area contributed by atoms with Crippen molar-refractivity contribution in [3.63, 3.8) is 0 Å². The Kier molecular flexibility index (Phi) is 8.53. The molecule has 1 atom stereocenters. The van der Waals surface area contributed by atoms with Gasteiger partial charge in [0.25, 0.3) is 0 Å². The van der Waals surface area contributed by atoms with Gasteiger partial charge in [-0.05, 0) is 31.7 Å². The van der Waals surface area contributed by atoms with Crippen molar-refractivity contribution >= 4 is 5.97 Å². The Bertz CT molecular complexity index is 509. The normalized spacial score (nSPS) is 12.1. The maximum Gasteiger partial charge on any atom is 0.331 e. The third-order valence-corrected chi connectivity index (χ3v) is 3.58. The van der Waals surface area contributed by atoms with Crippen LogP contribution < -0.4 is 14.2 Å². The number of aryl methyl sites for hydroxylation is 1. The molecule has 0 aliphatic rings. The maximum atomic E-state index is 12.6. The molecule has 0 aromatic heterocycles. The van der Waals surface area contributed by atoms with Gasteiger partial charge in [0, 0.05) is 20.8 Å². The van der Waals surface area contributed by atoms with Crippen molar-refractivity contribution in [1.82, 2.24) is 4.90 Å². The number of esters is 1. The van der Waals surface area contributed by atoms with Gasteiger partial charge in [0.05, 0.1) is 27.4 Å². The third kappa shape index (κ3) is 5.36. The summed E-state index contributed by atoms with van der Waals surface area (Å²) in [5, 5.41) is 0. The summed E-state index contributed by atoms with van der Waals surface area (Å²) in [5.41, 5.74) is 0.939. The van der Waals surface area contributed by atoms with Crippen LogP contribution in [0.3, 0.4) is 0 Å². The molecule has 0 saturated heterocycles. The molecule has 1 aromatic carbocycles. The van der Waals surface area contributed by atoms with E-state index in [1.165, 1.54) is 21.3 Å². The predicted molar refractivity (Wildman–Crippen MR) is 90.1 cm³/mol. The third-order valence-electron chi connectivity index (χ3n) is 3.58. The van der Waals surface area contributed by atoms with Gasteiger partial charge < -0.3 is 23.7 Å². The van der Waals surface area contributed by atoms with E-state index in [4.69, 9.17) is 23.7 Å². The molecule has 1 unspecified atom stereocenters. The summed E-state index contributed by atoms with van der Waals surface area (Å²) in [6.45, 7) is 3.18. The monoisotopic (exact) mass is 341 g/mol. The van der Waals surface area contributed by atoms with Gasteiger partial charge in [-0.15, -0.1) is 0 Å². The van der Waals surface area contributed by atoms with Gasteiger partial charge >= 0.3 is 5.97 Å². The second-order valence-electron chi connectivity index (χ2n) is 5.36. The molecule has 136 valence electrons. The van der Waals surface area contributed by atoms with Crippen LogP contribution in [0, 0.1) is 6.92 Å². The lowest BCUT2D eigenvalue weighted by molar-refractivity contribution is -0.142. The van der Waals surface area contributed by atoms with Crippen molar-refractivity contribution < 1.29 is 28.5 Å². The molecule has 0 aliphatic heterocycles. The molecular formula is C17H27NO6. The zero-order valence-corrected chi connectivity index (χ0v) is 15.3. The van der Waals surface area contributed by atoms with Crippen molar-refractivity contribution in [2.45, 2.75) is 13.0 Å². The molecule has 0 N–H and O–H groups in total. The summed E-state index contributed by atoms with van der Waals surface area (Å²) in [7, 11) is 8.00. The van der Waals surface area contributed by atoms with Crippen LogP contribution in [0.2, 0.25) is 0 Å². The van der Waals surface area contributed by atoms with Crippen molar-refractivity contribution in [3.8, 4) is 17.2 Å². The lowest BCUT2D eigenvalue weighted by Crippen LogP contribution is -2.45. The van der Waals surface area contributed by atoms with E-state index < -0.39 is 12.0 Å². The number of hydrogen-bond acceptors (Lipinski definition) is 7. The first-order valence-corrected chi connectivity index (χ1v) is 7.60. The molecule has 0 fully saturated rings. The van der Waals surface area contributed by atoms with Crippen molar-refractivity contribution in [1.29, 1.82) is 0 Å². The standard InChI is InChI=1S/C17H27NO6/c1-12-9-14(22-5)16(15(10-12)23-6)24-17(19)13(11-21-4)18(2)7-8-20-3/h9-10,13H,7-8,11H2,1-6H3. The fraction of sp³-hybridized carbons (Fsp3) is 0.588. The summed E-state index contributed by atoms with van der Waals surface area (Å²) in [4.78, 5) is 14.5. The van der Waals surface area contributed by atoms with Crippen LogP contribution in [-0.4, -0.2) is 72.2 Å². The number of likely N-dealkylation sites (N-methyl/N-ethyl adjacent to an activating group) is 1. The van der Waals surface area contributed by atoms with E-state index in [2.05, 4.69) is 0 Å². The highest BCUT2D eigenvalue weighted by Crippen LogP contribution is 2.38. The van der Waals surface area contributed by atoms with Gasteiger partial charge in [0.15, 0.2) is 11.5 Å². The highest BCUT2D eigenvalue weighted by atomic mass is 16.6. The smallest absolute Gasteiger partial charge is 0.331 e. The predicted octanol–water partition coefficient (Wildman–Crippen LogP) is 1.51. The summed E-state index contributed by atoms with van der Waals surface area (Å²) in [5.74, 6) is 0.694. The first-order chi connectivity index (χ1) is 11.5. The average molecular weight is 341 g/mol. The van der Waals surface area contributed by atoms with Gasteiger partial charge in [-0.25, -0.2) is 4.79 Å². The first-order valence-electron chi connectivity index (χ1n) is 7.60. The molecule has 1 aromatic rings. The number of nitrogens with zero attached hydrogens (tertiary/aromatic N) is 1. The molecule has 0 amide bonds. The Morgan fingerprint density at radius 2 is 1.67 bits per heavy atom. The van der Waals surface area contributed by atoms with E-state index in [0.717, 1.165) is 5.56 Å².